The van der Waals surface area contributed by atoms with E-state index < -0.39 is 0 Å². The third kappa shape index (κ3) is 5.05. The highest BCUT2D eigenvalue weighted by Gasteiger charge is 2.05. The van der Waals surface area contributed by atoms with Gasteiger partial charge in [-0.15, -0.1) is 0 Å². The zero-order valence-electron chi connectivity index (χ0n) is 6.25. The lowest BCUT2D eigenvalue weighted by atomic mass is 10.5. The molecule has 0 rings (SSSR count). The van der Waals surface area contributed by atoms with Gasteiger partial charge >= 0.3 is 0 Å². The highest BCUT2D eigenvalue weighted by atomic mass is 32.2. The van der Waals surface area contributed by atoms with Crippen molar-refractivity contribution in [2.45, 2.75) is 5.25 Å². The second-order valence-electron chi connectivity index (χ2n) is 1.92. The normalized spacial score (nSPS) is 13.5. The van der Waals surface area contributed by atoms with E-state index in [0.717, 1.165) is 5.75 Å². The predicted octanol–water partition coefficient (Wildman–Crippen LogP) is -0.314. The standard InChI is InChI=1S/C6H15NO2S/c1-9-5-6(4-8)10-3-2-7/h6,8H,2-5,7H2,1H3. The molecule has 0 saturated heterocycles. The molecule has 0 heterocycles. The van der Waals surface area contributed by atoms with Crippen molar-refractivity contribution in [3.8, 4) is 0 Å². The molecule has 0 aromatic rings. The van der Waals surface area contributed by atoms with Crippen LogP contribution < -0.4 is 5.73 Å². The number of hydrogen-bond acceptors (Lipinski definition) is 4. The van der Waals surface area contributed by atoms with Gasteiger partial charge in [0.1, 0.15) is 0 Å². The van der Waals surface area contributed by atoms with E-state index in [9.17, 15) is 0 Å². The van der Waals surface area contributed by atoms with Crippen molar-refractivity contribution in [3.05, 3.63) is 0 Å². The third-order valence-corrected chi connectivity index (χ3v) is 2.26. The van der Waals surface area contributed by atoms with E-state index in [1.54, 1.807) is 18.9 Å². The van der Waals surface area contributed by atoms with E-state index in [4.69, 9.17) is 15.6 Å². The summed E-state index contributed by atoms with van der Waals surface area (Å²) >= 11 is 1.65. The van der Waals surface area contributed by atoms with Gasteiger partial charge in [0, 0.05) is 19.4 Å². The number of thioether (sulfide) groups is 1. The van der Waals surface area contributed by atoms with Crippen LogP contribution in [0.1, 0.15) is 0 Å². The number of aliphatic hydroxyl groups is 1. The Morgan fingerprint density at radius 3 is 2.80 bits per heavy atom. The molecule has 4 heteroatoms. The first-order valence-electron chi connectivity index (χ1n) is 3.26. The maximum atomic E-state index is 8.74. The summed E-state index contributed by atoms with van der Waals surface area (Å²) < 4.78 is 4.87. The van der Waals surface area contributed by atoms with Crippen molar-refractivity contribution in [1.29, 1.82) is 0 Å². The lowest BCUT2D eigenvalue weighted by Crippen LogP contribution is -2.17. The van der Waals surface area contributed by atoms with Crippen LogP contribution in [0.5, 0.6) is 0 Å². The monoisotopic (exact) mass is 165 g/mol. The summed E-state index contributed by atoms with van der Waals surface area (Å²) in [6, 6.07) is 0. The Balaban J connectivity index is 3.21. The lowest BCUT2D eigenvalue weighted by molar-refractivity contribution is 0.172. The van der Waals surface area contributed by atoms with Gasteiger partial charge in [-0.25, -0.2) is 0 Å². The topological polar surface area (TPSA) is 55.5 Å². The van der Waals surface area contributed by atoms with E-state index in [0.29, 0.717) is 13.2 Å². The molecular formula is C6H15NO2S. The van der Waals surface area contributed by atoms with Crippen LogP contribution in [0.15, 0.2) is 0 Å². The van der Waals surface area contributed by atoms with E-state index in [2.05, 4.69) is 0 Å². The van der Waals surface area contributed by atoms with Crippen LogP contribution in [-0.4, -0.2) is 43.0 Å². The van der Waals surface area contributed by atoms with Crippen molar-refractivity contribution < 1.29 is 9.84 Å². The quantitative estimate of drug-likeness (QED) is 0.566. The Morgan fingerprint density at radius 1 is 1.70 bits per heavy atom. The van der Waals surface area contributed by atoms with Crippen LogP contribution in [0, 0.1) is 0 Å². The SMILES string of the molecule is COCC(CO)SCCN. The molecule has 0 aliphatic heterocycles. The summed E-state index contributed by atoms with van der Waals surface area (Å²) in [6.07, 6.45) is 0. The van der Waals surface area contributed by atoms with Crippen molar-refractivity contribution in [1.82, 2.24) is 0 Å². The molecule has 3 N–H and O–H groups in total. The first-order valence-corrected chi connectivity index (χ1v) is 4.31. The number of rotatable bonds is 6. The number of nitrogens with two attached hydrogens (primary N) is 1. The number of ether oxygens (including phenoxy) is 1. The molecule has 0 aliphatic carbocycles. The van der Waals surface area contributed by atoms with E-state index in [1.807, 2.05) is 0 Å². The molecule has 0 spiro atoms. The molecule has 0 aromatic heterocycles. The van der Waals surface area contributed by atoms with Gasteiger partial charge in [0.15, 0.2) is 0 Å². The molecule has 0 amide bonds. The van der Waals surface area contributed by atoms with Crippen molar-refractivity contribution in [2.24, 2.45) is 5.73 Å². The molecule has 62 valence electrons. The Hall–Kier alpha value is 0.230. The predicted molar refractivity (Wildman–Crippen MR) is 44.3 cm³/mol. The molecule has 3 nitrogen and oxygen atoms in total. The largest absolute Gasteiger partial charge is 0.395 e. The maximum Gasteiger partial charge on any atom is 0.0603 e. The van der Waals surface area contributed by atoms with Crippen LogP contribution in [-0.2, 0) is 4.74 Å². The highest BCUT2D eigenvalue weighted by molar-refractivity contribution is 7.99. The molecule has 0 fully saturated rings. The summed E-state index contributed by atoms with van der Waals surface area (Å²) in [4.78, 5) is 0. The minimum Gasteiger partial charge on any atom is -0.395 e. The van der Waals surface area contributed by atoms with Crippen molar-refractivity contribution in [2.75, 3.05) is 32.6 Å². The van der Waals surface area contributed by atoms with Crippen LogP contribution in [0.2, 0.25) is 0 Å². The van der Waals surface area contributed by atoms with E-state index >= 15 is 0 Å². The van der Waals surface area contributed by atoms with Gasteiger partial charge in [-0.1, -0.05) is 0 Å². The summed E-state index contributed by atoms with van der Waals surface area (Å²) in [7, 11) is 1.63. The summed E-state index contributed by atoms with van der Waals surface area (Å²) in [5.74, 6) is 0.884. The maximum absolute atomic E-state index is 8.74. The summed E-state index contributed by atoms with van der Waals surface area (Å²) in [5.41, 5.74) is 5.28. The molecule has 1 atom stereocenters. The van der Waals surface area contributed by atoms with Crippen LogP contribution in [0.4, 0.5) is 0 Å². The van der Waals surface area contributed by atoms with Gasteiger partial charge in [-0.2, -0.15) is 11.8 Å². The Labute approximate surface area is 65.9 Å². The van der Waals surface area contributed by atoms with E-state index in [-0.39, 0.29) is 11.9 Å². The van der Waals surface area contributed by atoms with Gasteiger partial charge in [0.25, 0.3) is 0 Å². The fraction of sp³-hybridized carbons (Fsp3) is 1.00. The first kappa shape index (κ1) is 10.2. The minimum atomic E-state index is 0.165. The zero-order chi connectivity index (χ0) is 7.82. The third-order valence-electron chi connectivity index (χ3n) is 1.03. The highest BCUT2D eigenvalue weighted by Crippen LogP contribution is 2.08. The number of aliphatic hydroxyl groups excluding tert-OH is 1. The average molecular weight is 165 g/mol. The van der Waals surface area contributed by atoms with Gasteiger partial charge in [0.05, 0.1) is 18.5 Å². The molecule has 0 bridgehead atoms. The molecule has 10 heavy (non-hydrogen) atoms. The Morgan fingerprint density at radius 2 is 2.40 bits per heavy atom. The average Bonchev–Trinajstić information content (AvgIpc) is 1.98. The van der Waals surface area contributed by atoms with Gasteiger partial charge < -0.3 is 15.6 Å². The van der Waals surface area contributed by atoms with Crippen LogP contribution >= 0.6 is 11.8 Å². The zero-order valence-corrected chi connectivity index (χ0v) is 7.06. The molecule has 0 aromatic carbocycles. The van der Waals surface area contributed by atoms with Gasteiger partial charge in [-0.3, -0.25) is 0 Å². The fourth-order valence-corrected chi connectivity index (χ4v) is 1.38. The van der Waals surface area contributed by atoms with Crippen LogP contribution in [0.3, 0.4) is 0 Å². The van der Waals surface area contributed by atoms with Crippen molar-refractivity contribution in [3.63, 3.8) is 0 Å². The number of methoxy groups -OCH3 is 1. The molecule has 1 unspecified atom stereocenters. The Bertz CT molecular complexity index is 72.8. The summed E-state index contributed by atoms with van der Waals surface area (Å²) in [5, 5.41) is 8.93. The fourth-order valence-electron chi connectivity index (χ4n) is 0.574. The van der Waals surface area contributed by atoms with Crippen molar-refractivity contribution >= 4 is 11.8 Å². The Kier molecular flexibility index (Phi) is 7.51. The van der Waals surface area contributed by atoms with Crippen LogP contribution in [0.25, 0.3) is 0 Å². The second-order valence-corrected chi connectivity index (χ2v) is 3.33. The second kappa shape index (κ2) is 7.34. The smallest absolute Gasteiger partial charge is 0.0603 e. The van der Waals surface area contributed by atoms with E-state index in [1.165, 1.54) is 0 Å². The molecular weight excluding hydrogens is 150 g/mol. The first-order chi connectivity index (χ1) is 4.85. The summed E-state index contributed by atoms with van der Waals surface area (Å²) in [6.45, 7) is 1.42. The minimum absolute atomic E-state index is 0.165. The molecule has 0 saturated carbocycles. The lowest BCUT2D eigenvalue weighted by Gasteiger charge is -2.10. The molecule has 0 aliphatic rings. The molecule has 0 radical (unpaired) electrons. The van der Waals surface area contributed by atoms with Gasteiger partial charge in [-0.05, 0) is 0 Å². The van der Waals surface area contributed by atoms with Gasteiger partial charge in [0.2, 0.25) is 0 Å². The number of hydrogen-bond donors (Lipinski definition) is 2.